The molecule has 7 heteroatoms. The fraction of sp³-hybridized carbons (Fsp3) is 0.250. The van der Waals surface area contributed by atoms with Gasteiger partial charge in [0.25, 0.3) is 5.69 Å². The zero-order chi connectivity index (χ0) is 13.8. The molecule has 1 aromatic heterocycles. The fourth-order valence-electron chi connectivity index (χ4n) is 1.79. The van der Waals surface area contributed by atoms with Gasteiger partial charge in [-0.3, -0.25) is 15.1 Å². The van der Waals surface area contributed by atoms with Crippen molar-refractivity contribution in [3.05, 3.63) is 40.6 Å². The largest absolute Gasteiger partial charge is 0.385 e. The fourth-order valence-corrected chi connectivity index (χ4v) is 1.79. The molecule has 1 aromatic carbocycles. The van der Waals surface area contributed by atoms with Crippen LogP contribution in [-0.4, -0.2) is 34.2 Å². The number of pyridine rings is 1. The number of nitro groups is 1. The summed E-state index contributed by atoms with van der Waals surface area (Å²) in [6, 6.07) is 6.35. The van der Waals surface area contributed by atoms with Gasteiger partial charge in [0.05, 0.1) is 16.0 Å². The Balaban J connectivity index is 2.41. The predicted octanol–water partition coefficient (Wildman–Crippen LogP) is 0.158. The highest BCUT2D eigenvalue weighted by Gasteiger charge is 2.15. The molecule has 1 heterocycles. The summed E-state index contributed by atoms with van der Waals surface area (Å²) in [6.07, 6.45) is 1.02. The molecule has 2 aromatic rings. The molecule has 0 bridgehead atoms. The molecule has 0 radical (unpaired) electrons. The minimum absolute atomic E-state index is 0.0198. The van der Waals surface area contributed by atoms with Gasteiger partial charge in [-0.1, -0.05) is 0 Å². The number of quaternary nitrogens is 1. The van der Waals surface area contributed by atoms with E-state index < -0.39 is 11.0 Å². The number of nitrogens with one attached hydrogen (secondary N) is 1. The quantitative estimate of drug-likeness (QED) is 0.525. The standard InChI is InChI=1S/C12H14N4O3/c13-6-8(17)7-15-10-3-4-11(16(18)19)9-2-1-5-14-12(9)10/h1-5,8,15,17H,6-7,13H2/p+1/t8-/m0/s1. The van der Waals surface area contributed by atoms with E-state index in [0.29, 0.717) is 29.7 Å². The lowest BCUT2D eigenvalue weighted by Gasteiger charge is -2.11. The number of hydrogen-bond donors (Lipinski definition) is 3. The SMILES string of the molecule is [NH3+]C[C@H](O)CNc1ccc([N+](=O)[O-])c2cccnc12. The topological polar surface area (TPSA) is 116 Å². The Hall–Kier alpha value is -2.25. The number of nitro benzene ring substituents is 1. The number of aliphatic hydroxyl groups is 1. The van der Waals surface area contributed by atoms with Gasteiger partial charge in [0.2, 0.25) is 0 Å². The molecular formula is C12H15N4O3+. The zero-order valence-electron chi connectivity index (χ0n) is 10.2. The molecule has 0 amide bonds. The van der Waals surface area contributed by atoms with Crippen LogP contribution in [0, 0.1) is 10.1 Å². The van der Waals surface area contributed by atoms with E-state index in [2.05, 4.69) is 16.0 Å². The Labute approximate surface area is 109 Å². The molecule has 0 saturated heterocycles. The van der Waals surface area contributed by atoms with Gasteiger partial charge in [-0.2, -0.15) is 0 Å². The van der Waals surface area contributed by atoms with E-state index in [-0.39, 0.29) is 5.69 Å². The van der Waals surface area contributed by atoms with Crippen molar-refractivity contribution >= 4 is 22.3 Å². The maximum absolute atomic E-state index is 10.9. The van der Waals surface area contributed by atoms with Crippen LogP contribution in [0.25, 0.3) is 10.9 Å². The first-order valence-electron chi connectivity index (χ1n) is 5.86. The van der Waals surface area contributed by atoms with Crippen LogP contribution in [-0.2, 0) is 0 Å². The van der Waals surface area contributed by atoms with E-state index in [1.54, 1.807) is 24.4 Å². The van der Waals surface area contributed by atoms with Crippen LogP contribution >= 0.6 is 0 Å². The van der Waals surface area contributed by atoms with Crippen molar-refractivity contribution in [3.8, 4) is 0 Å². The van der Waals surface area contributed by atoms with Gasteiger partial charge in [-0.15, -0.1) is 0 Å². The summed E-state index contributed by atoms with van der Waals surface area (Å²) in [6.45, 7) is 0.721. The third-order valence-corrected chi connectivity index (χ3v) is 2.80. The Morgan fingerprint density at radius 3 is 2.95 bits per heavy atom. The lowest BCUT2D eigenvalue weighted by Crippen LogP contribution is -2.57. The summed E-state index contributed by atoms with van der Waals surface area (Å²) in [4.78, 5) is 14.7. The molecule has 0 aliphatic heterocycles. The summed E-state index contributed by atoms with van der Waals surface area (Å²) in [5.41, 5.74) is 4.80. The highest BCUT2D eigenvalue weighted by Crippen LogP contribution is 2.29. The third-order valence-electron chi connectivity index (χ3n) is 2.80. The Bertz CT molecular complexity index is 603. The van der Waals surface area contributed by atoms with Crippen molar-refractivity contribution in [3.63, 3.8) is 0 Å². The Morgan fingerprint density at radius 1 is 1.47 bits per heavy atom. The predicted molar refractivity (Wildman–Crippen MR) is 70.6 cm³/mol. The van der Waals surface area contributed by atoms with Crippen molar-refractivity contribution in [1.29, 1.82) is 0 Å². The maximum Gasteiger partial charge on any atom is 0.278 e. The summed E-state index contributed by atoms with van der Waals surface area (Å²) in [5.74, 6) is 0. The van der Waals surface area contributed by atoms with Gasteiger partial charge in [-0.25, -0.2) is 0 Å². The molecule has 0 aliphatic rings. The van der Waals surface area contributed by atoms with Crippen molar-refractivity contribution < 1.29 is 15.8 Å². The molecular weight excluding hydrogens is 248 g/mol. The van der Waals surface area contributed by atoms with Crippen molar-refractivity contribution in [2.75, 3.05) is 18.4 Å². The molecule has 1 atom stereocenters. The molecule has 0 spiro atoms. The number of nitrogens with zero attached hydrogens (tertiary/aromatic N) is 2. The number of benzene rings is 1. The lowest BCUT2D eigenvalue weighted by molar-refractivity contribution is -0.383. The van der Waals surface area contributed by atoms with Crippen LogP contribution in [0.1, 0.15) is 0 Å². The molecule has 19 heavy (non-hydrogen) atoms. The number of rotatable bonds is 5. The normalized spacial score (nSPS) is 12.3. The van der Waals surface area contributed by atoms with Gasteiger partial charge in [0.1, 0.15) is 18.2 Å². The zero-order valence-corrected chi connectivity index (χ0v) is 10.2. The maximum atomic E-state index is 10.9. The minimum atomic E-state index is -0.561. The van der Waals surface area contributed by atoms with E-state index in [0.717, 1.165) is 0 Å². The van der Waals surface area contributed by atoms with Gasteiger partial charge >= 0.3 is 0 Å². The van der Waals surface area contributed by atoms with Crippen LogP contribution in [0.15, 0.2) is 30.5 Å². The van der Waals surface area contributed by atoms with E-state index in [4.69, 9.17) is 0 Å². The first-order chi connectivity index (χ1) is 9.13. The molecule has 0 unspecified atom stereocenters. The number of hydrogen-bond acceptors (Lipinski definition) is 5. The smallest absolute Gasteiger partial charge is 0.278 e. The Morgan fingerprint density at radius 2 is 2.26 bits per heavy atom. The number of aromatic nitrogens is 1. The summed E-state index contributed by atoms with van der Waals surface area (Å²) < 4.78 is 0. The minimum Gasteiger partial charge on any atom is -0.385 e. The van der Waals surface area contributed by atoms with Crippen LogP contribution < -0.4 is 11.1 Å². The summed E-state index contributed by atoms with van der Waals surface area (Å²) in [7, 11) is 0. The third kappa shape index (κ3) is 2.78. The molecule has 100 valence electrons. The average Bonchev–Trinajstić information content (AvgIpc) is 2.43. The van der Waals surface area contributed by atoms with Crippen LogP contribution in [0.3, 0.4) is 0 Å². The van der Waals surface area contributed by atoms with Crippen LogP contribution in [0.5, 0.6) is 0 Å². The molecule has 2 rings (SSSR count). The number of anilines is 1. The average molecular weight is 263 g/mol. The van der Waals surface area contributed by atoms with E-state index in [9.17, 15) is 15.2 Å². The highest BCUT2D eigenvalue weighted by molar-refractivity contribution is 5.96. The second-order valence-electron chi connectivity index (χ2n) is 4.11. The monoisotopic (exact) mass is 263 g/mol. The van der Waals surface area contributed by atoms with Gasteiger partial charge < -0.3 is 16.2 Å². The van der Waals surface area contributed by atoms with E-state index in [1.165, 1.54) is 6.07 Å². The van der Waals surface area contributed by atoms with Crippen molar-refractivity contribution in [2.24, 2.45) is 0 Å². The first kappa shape index (κ1) is 13.2. The number of non-ortho nitro benzene ring substituents is 1. The highest BCUT2D eigenvalue weighted by atomic mass is 16.6. The molecule has 0 aliphatic carbocycles. The summed E-state index contributed by atoms with van der Waals surface area (Å²) >= 11 is 0. The van der Waals surface area contributed by atoms with Gasteiger partial charge in [0, 0.05) is 18.8 Å². The second kappa shape index (κ2) is 5.59. The Kier molecular flexibility index (Phi) is 3.88. The van der Waals surface area contributed by atoms with E-state index >= 15 is 0 Å². The molecule has 0 saturated carbocycles. The van der Waals surface area contributed by atoms with E-state index in [1.807, 2.05) is 0 Å². The van der Waals surface area contributed by atoms with Gasteiger partial charge in [0.15, 0.2) is 0 Å². The molecule has 7 nitrogen and oxygen atoms in total. The summed E-state index contributed by atoms with van der Waals surface area (Å²) in [5, 5.41) is 23.9. The molecule has 0 fully saturated rings. The van der Waals surface area contributed by atoms with Crippen LogP contribution in [0.2, 0.25) is 0 Å². The second-order valence-corrected chi connectivity index (χ2v) is 4.11. The number of aliphatic hydroxyl groups excluding tert-OH is 1. The number of fused-ring (bicyclic) bond motifs is 1. The first-order valence-corrected chi connectivity index (χ1v) is 5.86. The van der Waals surface area contributed by atoms with Crippen LogP contribution in [0.4, 0.5) is 11.4 Å². The lowest BCUT2D eigenvalue weighted by atomic mass is 10.1. The molecule has 5 N–H and O–H groups in total. The van der Waals surface area contributed by atoms with Crippen molar-refractivity contribution in [2.45, 2.75) is 6.10 Å². The van der Waals surface area contributed by atoms with Gasteiger partial charge in [-0.05, 0) is 18.2 Å². The van der Waals surface area contributed by atoms with Crippen molar-refractivity contribution in [1.82, 2.24) is 4.98 Å².